The van der Waals surface area contributed by atoms with Crippen LogP contribution in [0.5, 0.6) is 0 Å². The minimum absolute atomic E-state index is 0.389. The van der Waals surface area contributed by atoms with Gasteiger partial charge in [-0.2, -0.15) is 11.8 Å². The molecular formula is C9H14O4S. The summed E-state index contributed by atoms with van der Waals surface area (Å²) >= 11 is 1.70. The van der Waals surface area contributed by atoms with Gasteiger partial charge in [0, 0.05) is 0 Å². The summed E-state index contributed by atoms with van der Waals surface area (Å²) in [6.45, 7) is 0. The normalized spacial score (nSPS) is 27.8. The predicted molar refractivity (Wildman–Crippen MR) is 53.2 cm³/mol. The molecule has 0 aromatic heterocycles. The summed E-state index contributed by atoms with van der Waals surface area (Å²) in [5, 5.41) is 8.96. The fraction of sp³-hybridized carbons (Fsp3) is 0.778. The van der Waals surface area contributed by atoms with E-state index in [0.29, 0.717) is 12.8 Å². The molecule has 1 fully saturated rings. The molecule has 0 aromatic carbocycles. The van der Waals surface area contributed by atoms with E-state index in [9.17, 15) is 9.59 Å². The molecule has 0 amide bonds. The highest BCUT2D eigenvalue weighted by atomic mass is 32.2. The highest BCUT2D eigenvalue weighted by Gasteiger charge is 2.35. The molecule has 0 aromatic rings. The second-order valence-electron chi connectivity index (χ2n) is 3.26. The van der Waals surface area contributed by atoms with Gasteiger partial charge in [-0.05, 0) is 24.3 Å². The van der Waals surface area contributed by atoms with Crippen molar-refractivity contribution in [2.45, 2.75) is 12.8 Å². The van der Waals surface area contributed by atoms with Gasteiger partial charge in [0.2, 0.25) is 0 Å². The van der Waals surface area contributed by atoms with Crippen molar-refractivity contribution in [3.05, 3.63) is 0 Å². The second-order valence-corrected chi connectivity index (χ2v) is 4.49. The fourth-order valence-corrected chi connectivity index (χ4v) is 2.70. The first-order valence-corrected chi connectivity index (χ1v) is 5.70. The molecule has 1 N–H and O–H groups in total. The molecule has 0 unspecified atom stereocenters. The standard InChI is InChI=1S/C9H14O4S/c1-13-9(12)7-3-5-14-4-2-6(7)8(10)11/h6-7H,2-5H2,1H3,(H,10,11)/t6-,7+/m1/s1. The number of thioether (sulfide) groups is 1. The van der Waals surface area contributed by atoms with Gasteiger partial charge in [-0.15, -0.1) is 0 Å². The number of hydrogen-bond acceptors (Lipinski definition) is 4. The van der Waals surface area contributed by atoms with Crippen molar-refractivity contribution >= 4 is 23.7 Å². The summed E-state index contributed by atoms with van der Waals surface area (Å²) in [5.74, 6) is -0.665. The third-order valence-electron chi connectivity index (χ3n) is 2.45. The number of carbonyl (C=O) groups excluding carboxylic acids is 1. The van der Waals surface area contributed by atoms with E-state index in [-0.39, 0.29) is 5.97 Å². The number of esters is 1. The Morgan fingerprint density at radius 1 is 1.29 bits per heavy atom. The van der Waals surface area contributed by atoms with E-state index in [1.54, 1.807) is 11.8 Å². The van der Waals surface area contributed by atoms with Crippen LogP contribution in [0.1, 0.15) is 12.8 Å². The molecule has 5 heteroatoms. The fourth-order valence-electron chi connectivity index (χ4n) is 1.65. The molecule has 0 spiro atoms. The minimum Gasteiger partial charge on any atom is -0.481 e. The van der Waals surface area contributed by atoms with Gasteiger partial charge in [0.15, 0.2) is 0 Å². The molecule has 80 valence electrons. The van der Waals surface area contributed by atoms with Crippen LogP contribution in [-0.2, 0) is 14.3 Å². The van der Waals surface area contributed by atoms with Crippen LogP contribution in [0.4, 0.5) is 0 Å². The quantitative estimate of drug-likeness (QED) is 0.701. The molecule has 1 saturated heterocycles. The molecule has 1 aliphatic heterocycles. The zero-order chi connectivity index (χ0) is 10.6. The van der Waals surface area contributed by atoms with Crippen LogP contribution in [0, 0.1) is 11.8 Å². The number of methoxy groups -OCH3 is 1. The first-order chi connectivity index (χ1) is 6.66. The number of aliphatic carboxylic acids is 1. The van der Waals surface area contributed by atoms with Crippen LogP contribution in [0.15, 0.2) is 0 Å². The van der Waals surface area contributed by atoms with Crippen LogP contribution in [0.3, 0.4) is 0 Å². The summed E-state index contributed by atoms with van der Waals surface area (Å²) in [5.41, 5.74) is 0. The Hall–Kier alpha value is -0.710. The smallest absolute Gasteiger partial charge is 0.309 e. The number of carboxylic acids is 1. The van der Waals surface area contributed by atoms with Crippen LogP contribution < -0.4 is 0 Å². The number of ether oxygens (including phenoxy) is 1. The molecule has 0 radical (unpaired) electrons. The van der Waals surface area contributed by atoms with Crippen molar-refractivity contribution in [2.75, 3.05) is 18.6 Å². The Kier molecular flexibility index (Phi) is 4.25. The SMILES string of the molecule is COC(=O)[C@H]1CCSCC[C@H]1C(=O)O. The highest BCUT2D eigenvalue weighted by Crippen LogP contribution is 2.28. The number of hydrogen-bond donors (Lipinski definition) is 1. The summed E-state index contributed by atoms with van der Waals surface area (Å²) in [6, 6.07) is 0. The molecule has 1 aliphatic rings. The zero-order valence-electron chi connectivity index (χ0n) is 8.06. The van der Waals surface area contributed by atoms with E-state index in [0.717, 1.165) is 11.5 Å². The second kappa shape index (κ2) is 5.24. The van der Waals surface area contributed by atoms with Gasteiger partial charge >= 0.3 is 11.9 Å². The van der Waals surface area contributed by atoms with Crippen LogP contribution >= 0.6 is 11.8 Å². The topological polar surface area (TPSA) is 63.6 Å². The molecule has 14 heavy (non-hydrogen) atoms. The summed E-state index contributed by atoms with van der Waals surface area (Å²) < 4.78 is 4.61. The number of carboxylic acid groups (broad SMARTS) is 1. The molecule has 1 heterocycles. The first kappa shape index (κ1) is 11.4. The largest absolute Gasteiger partial charge is 0.481 e. The van der Waals surface area contributed by atoms with Gasteiger partial charge in [0.1, 0.15) is 0 Å². The zero-order valence-corrected chi connectivity index (χ0v) is 8.88. The van der Waals surface area contributed by atoms with E-state index in [1.165, 1.54) is 7.11 Å². The van der Waals surface area contributed by atoms with E-state index < -0.39 is 17.8 Å². The van der Waals surface area contributed by atoms with Gasteiger partial charge in [-0.25, -0.2) is 0 Å². The van der Waals surface area contributed by atoms with Crippen molar-refractivity contribution in [3.63, 3.8) is 0 Å². The minimum atomic E-state index is -0.886. The van der Waals surface area contributed by atoms with Crippen LogP contribution in [-0.4, -0.2) is 35.7 Å². The average Bonchev–Trinajstić information content (AvgIpc) is 2.41. The van der Waals surface area contributed by atoms with Gasteiger partial charge < -0.3 is 9.84 Å². The maximum absolute atomic E-state index is 11.3. The Morgan fingerprint density at radius 2 is 1.86 bits per heavy atom. The van der Waals surface area contributed by atoms with Crippen molar-refractivity contribution in [3.8, 4) is 0 Å². The van der Waals surface area contributed by atoms with Gasteiger partial charge in [-0.3, -0.25) is 9.59 Å². The number of rotatable bonds is 2. The van der Waals surface area contributed by atoms with Crippen molar-refractivity contribution < 1.29 is 19.4 Å². The molecule has 0 saturated carbocycles. The lowest BCUT2D eigenvalue weighted by Gasteiger charge is -2.18. The van der Waals surface area contributed by atoms with Gasteiger partial charge in [-0.1, -0.05) is 0 Å². The summed E-state index contributed by atoms with van der Waals surface area (Å²) in [6.07, 6.45) is 1.16. The Labute approximate surface area is 87.0 Å². The predicted octanol–water partition coefficient (Wildman–Crippen LogP) is 1.00. The van der Waals surface area contributed by atoms with Crippen molar-refractivity contribution in [1.82, 2.24) is 0 Å². The lowest BCUT2D eigenvalue weighted by atomic mass is 9.88. The van der Waals surface area contributed by atoms with Gasteiger partial charge in [0.25, 0.3) is 0 Å². The van der Waals surface area contributed by atoms with E-state index in [2.05, 4.69) is 4.74 Å². The highest BCUT2D eigenvalue weighted by molar-refractivity contribution is 7.99. The van der Waals surface area contributed by atoms with Crippen LogP contribution in [0.25, 0.3) is 0 Å². The summed E-state index contributed by atoms with van der Waals surface area (Å²) in [7, 11) is 1.30. The van der Waals surface area contributed by atoms with E-state index >= 15 is 0 Å². The molecule has 0 aliphatic carbocycles. The Morgan fingerprint density at radius 3 is 2.36 bits per heavy atom. The molecule has 2 atom stereocenters. The number of carbonyl (C=O) groups is 2. The maximum Gasteiger partial charge on any atom is 0.309 e. The molecule has 4 nitrogen and oxygen atoms in total. The van der Waals surface area contributed by atoms with Crippen molar-refractivity contribution in [1.29, 1.82) is 0 Å². The average molecular weight is 218 g/mol. The third-order valence-corrected chi connectivity index (χ3v) is 3.50. The monoisotopic (exact) mass is 218 g/mol. The lowest BCUT2D eigenvalue weighted by Crippen LogP contribution is -2.30. The van der Waals surface area contributed by atoms with Gasteiger partial charge in [0.05, 0.1) is 18.9 Å². The van der Waals surface area contributed by atoms with E-state index in [4.69, 9.17) is 5.11 Å². The Balaban J connectivity index is 2.73. The first-order valence-electron chi connectivity index (χ1n) is 4.55. The summed E-state index contributed by atoms with van der Waals surface area (Å²) in [4.78, 5) is 22.3. The maximum atomic E-state index is 11.3. The van der Waals surface area contributed by atoms with Crippen molar-refractivity contribution in [2.24, 2.45) is 11.8 Å². The molecular weight excluding hydrogens is 204 g/mol. The molecule has 0 bridgehead atoms. The lowest BCUT2D eigenvalue weighted by molar-refractivity contribution is -0.155. The molecule has 1 rings (SSSR count). The van der Waals surface area contributed by atoms with E-state index in [1.807, 2.05) is 0 Å². The third kappa shape index (κ3) is 2.64. The van der Waals surface area contributed by atoms with Crippen LogP contribution in [0.2, 0.25) is 0 Å². The Bertz CT molecular complexity index is 229.